The summed E-state index contributed by atoms with van der Waals surface area (Å²) in [5.74, 6) is 0.975. The van der Waals surface area contributed by atoms with Gasteiger partial charge in [0, 0.05) is 17.7 Å². The molecular formula is C23H27N3O5S. The molecule has 0 saturated heterocycles. The second kappa shape index (κ2) is 9.86. The van der Waals surface area contributed by atoms with Crippen molar-refractivity contribution >= 4 is 26.7 Å². The largest absolute Gasteiger partial charge is 0.493 e. The smallest absolute Gasteiger partial charge is 0.264 e. The quantitative estimate of drug-likeness (QED) is 0.634. The number of nitrogens with one attached hydrogen (secondary N) is 2. The third-order valence-electron chi connectivity index (χ3n) is 5.07. The fraction of sp³-hybridized carbons (Fsp3) is 0.304. The highest BCUT2D eigenvalue weighted by Gasteiger charge is 2.34. The third kappa shape index (κ3) is 4.94. The van der Waals surface area contributed by atoms with E-state index in [2.05, 4.69) is 15.0 Å². The van der Waals surface area contributed by atoms with Crippen molar-refractivity contribution in [3.63, 3.8) is 0 Å². The molecule has 9 heteroatoms. The Morgan fingerprint density at radius 1 is 1.09 bits per heavy atom. The number of aryl methyl sites for hydroxylation is 1. The van der Waals surface area contributed by atoms with Crippen LogP contribution in [-0.4, -0.2) is 40.9 Å². The number of aliphatic imine (C=N–C) groups is 1. The van der Waals surface area contributed by atoms with Crippen LogP contribution in [0, 0.1) is 6.92 Å². The van der Waals surface area contributed by atoms with Crippen LogP contribution < -0.4 is 19.5 Å². The zero-order valence-corrected chi connectivity index (χ0v) is 19.4. The van der Waals surface area contributed by atoms with E-state index in [-0.39, 0.29) is 29.7 Å². The number of nitrogens with zero attached hydrogens (tertiary/aromatic N) is 1. The lowest BCUT2D eigenvalue weighted by Gasteiger charge is -2.12. The van der Waals surface area contributed by atoms with Crippen LogP contribution >= 0.6 is 0 Å². The van der Waals surface area contributed by atoms with Crippen molar-refractivity contribution in [3.05, 3.63) is 64.7 Å². The summed E-state index contributed by atoms with van der Waals surface area (Å²) in [7, 11) is -0.669. The topological polar surface area (TPSA) is 106 Å². The predicted octanol–water partition coefficient (Wildman–Crippen LogP) is 2.78. The van der Waals surface area contributed by atoms with Gasteiger partial charge in [0.1, 0.15) is 17.3 Å². The fourth-order valence-corrected chi connectivity index (χ4v) is 5.05. The second-order valence-corrected chi connectivity index (χ2v) is 8.85. The molecule has 0 saturated carbocycles. The highest BCUT2D eigenvalue weighted by atomic mass is 32.2. The second-order valence-electron chi connectivity index (χ2n) is 7.23. The van der Waals surface area contributed by atoms with Crippen molar-refractivity contribution < 1.29 is 22.7 Å². The number of benzene rings is 2. The molecule has 1 heterocycles. The number of amides is 1. The number of para-hydroxylation sites is 1. The molecule has 3 rings (SSSR count). The first kappa shape index (κ1) is 23.3. The van der Waals surface area contributed by atoms with Crippen molar-refractivity contribution in [2.45, 2.75) is 26.8 Å². The van der Waals surface area contributed by atoms with Gasteiger partial charge in [-0.05, 0) is 25.0 Å². The van der Waals surface area contributed by atoms with Crippen molar-refractivity contribution in [2.75, 3.05) is 20.8 Å². The van der Waals surface area contributed by atoms with Crippen LogP contribution in [0.2, 0.25) is 0 Å². The van der Waals surface area contributed by atoms with Crippen LogP contribution in [0.15, 0.2) is 53.0 Å². The molecular weight excluding hydrogens is 430 g/mol. The first-order valence-corrected chi connectivity index (χ1v) is 11.6. The number of amidine groups is 1. The summed E-state index contributed by atoms with van der Waals surface area (Å²) in [6.45, 7) is 3.80. The van der Waals surface area contributed by atoms with Gasteiger partial charge in [-0.3, -0.25) is 14.5 Å². The molecule has 0 fully saturated rings. The van der Waals surface area contributed by atoms with Gasteiger partial charge in [0.25, 0.3) is 10.0 Å². The van der Waals surface area contributed by atoms with Gasteiger partial charge in [0.05, 0.1) is 14.2 Å². The minimum Gasteiger partial charge on any atom is -0.493 e. The highest BCUT2D eigenvalue weighted by Crippen LogP contribution is 2.32. The zero-order valence-electron chi connectivity index (χ0n) is 18.6. The molecule has 0 unspecified atom stereocenters. The normalized spacial score (nSPS) is 16.1. The van der Waals surface area contributed by atoms with Crippen molar-refractivity contribution in [3.8, 4) is 11.5 Å². The molecule has 1 aliphatic heterocycles. The van der Waals surface area contributed by atoms with E-state index in [0.29, 0.717) is 29.1 Å². The monoisotopic (exact) mass is 457 g/mol. The molecule has 0 radical (unpaired) electrons. The number of sulfonamides is 1. The predicted molar refractivity (Wildman–Crippen MR) is 124 cm³/mol. The minimum atomic E-state index is -3.75. The molecule has 2 aromatic carbocycles. The summed E-state index contributed by atoms with van der Waals surface area (Å²) < 4.78 is 38.6. The van der Waals surface area contributed by atoms with Gasteiger partial charge in [0.2, 0.25) is 5.91 Å². The van der Waals surface area contributed by atoms with E-state index in [1.165, 1.54) is 7.11 Å². The fourth-order valence-electron chi connectivity index (χ4n) is 3.49. The Labute approximate surface area is 188 Å². The van der Waals surface area contributed by atoms with Crippen molar-refractivity contribution in [1.82, 2.24) is 10.0 Å². The molecule has 2 aromatic rings. The molecule has 0 spiro atoms. The lowest BCUT2D eigenvalue weighted by atomic mass is 10.1. The summed E-state index contributed by atoms with van der Waals surface area (Å²) in [4.78, 5) is 16.9. The Kier molecular flexibility index (Phi) is 7.19. The molecule has 32 heavy (non-hydrogen) atoms. The molecule has 0 aromatic heterocycles. The van der Waals surface area contributed by atoms with E-state index < -0.39 is 10.0 Å². The Balaban J connectivity index is 1.76. The Hall–Kier alpha value is -3.33. The molecule has 2 N–H and O–H groups in total. The number of hydrogen-bond donors (Lipinski definition) is 2. The summed E-state index contributed by atoms with van der Waals surface area (Å²) in [5.41, 5.74) is 2.95. The highest BCUT2D eigenvalue weighted by molar-refractivity contribution is 8.00. The van der Waals surface area contributed by atoms with Gasteiger partial charge in [-0.2, -0.15) is 0 Å². The third-order valence-corrected chi connectivity index (χ3v) is 6.55. The van der Waals surface area contributed by atoms with Crippen LogP contribution in [-0.2, 0) is 21.4 Å². The van der Waals surface area contributed by atoms with Gasteiger partial charge in [-0.1, -0.05) is 48.9 Å². The van der Waals surface area contributed by atoms with Crippen LogP contribution in [0.25, 0.3) is 4.91 Å². The number of carbonyl (C=O) groups is 1. The van der Waals surface area contributed by atoms with E-state index in [4.69, 9.17) is 9.47 Å². The average molecular weight is 458 g/mol. The molecule has 1 aliphatic rings. The van der Waals surface area contributed by atoms with Crippen LogP contribution in [0.1, 0.15) is 30.0 Å². The van der Waals surface area contributed by atoms with Crippen LogP contribution in [0.4, 0.5) is 0 Å². The molecule has 170 valence electrons. The van der Waals surface area contributed by atoms with Crippen molar-refractivity contribution in [2.24, 2.45) is 4.99 Å². The Morgan fingerprint density at radius 2 is 1.81 bits per heavy atom. The average Bonchev–Trinajstić information content (AvgIpc) is 3.05. The van der Waals surface area contributed by atoms with Gasteiger partial charge in [0.15, 0.2) is 11.5 Å². The van der Waals surface area contributed by atoms with Crippen LogP contribution in [0.5, 0.6) is 11.5 Å². The van der Waals surface area contributed by atoms with Gasteiger partial charge in [-0.25, -0.2) is 8.42 Å². The number of rotatable bonds is 8. The SMILES string of the molecule is CCC1=C(c2ccc(C)cc2)S(=O)(=O)NC1=NCC(=O)NCc1cccc(OC)c1OC. The van der Waals surface area contributed by atoms with E-state index in [1.54, 1.807) is 31.4 Å². The standard InChI is InChI=1S/C23H27N3O5S/c1-5-18-22(16-11-9-15(2)10-12-16)32(28,29)26-23(18)25-14-20(27)24-13-17-7-6-8-19(30-3)21(17)31-4/h6-12H,5,13-14H2,1-4H3,(H,24,27)(H,25,26). The Morgan fingerprint density at radius 3 is 2.44 bits per heavy atom. The van der Waals surface area contributed by atoms with Gasteiger partial charge >= 0.3 is 0 Å². The first-order valence-electron chi connectivity index (χ1n) is 10.1. The summed E-state index contributed by atoms with van der Waals surface area (Å²) in [6, 6.07) is 12.7. The molecule has 0 aliphatic carbocycles. The summed E-state index contributed by atoms with van der Waals surface area (Å²) in [5, 5.41) is 2.78. The molecule has 0 bridgehead atoms. The van der Waals surface area contributed by atoms with Crippen LogP contribution in [0.3, 0.4) is 0 Å². The Bertz CT molecular complexity index is 1170. The van der Waals surface area contributed by atoms with E-state index in [1.807, 2.05) is 32.0 Å². The minimum absolute atomic E-state index is 0.206. The maximum atomic E-state index is 12.7. The lowest BCUT2D eigenvalue weighted by Crippen LogP contribution is -2.28. The first-order chi connectivity index (χ1) is 15.3. The maximum absolute atomic E-state index is 12.7. The zero-order chi connectivity index (χ0) is 23.3. The van der Waals surface area contributed by atoms with E-state index in [9.17, 15) is 13.2 Å². The van der Waals surface area contributed by atoms with E-state index in [0.717, 1.165) is 11.1 Å². The van der Waals surface area contributed by atoms with E-state index >= 15 is 0 Å². The number of hydrogen-bond acceptors (Lipinski definition) is 6. The number of methoxy groups -OCH3 is 2. The maximum Gasteiger partial charge on any atom is 0.264 e. The van der Waals surface area contributed by atoms with Gasteiger partial charge < -0.3 is 14.8 Å². The number of carbonyl (C=O) groups excluding carboxylic acids is 1. The van der Waals surface area contributed by atoms with Gasteiger partial charge in [-0.15, -0.1) is 0 Å². The number of ether oxygens (including phenoxy) is 2. The summed E-state index contributed by atoms with van der Waals surface area (Å²) in [6.07, 6.45) is 0.455. The molecule has 0 atom stereocenters. The molecule has 8 nitrogen and oxygen atoms in total. The van der Waals surface area contributed by atoms with Crippen molar-refractivity contribution in [1.29, 1.82) is 0 Å². The summed E-state index contributed by atoms with van der Waals surface area (Å²) >= 11 is 0. The lowest BCUT2D eigenvalue weighted by molar-refractivity contribution is -0.119. The molecule has 1 amide bonds.